The number of rotatable bonds is 9. The average molecular weight is 273 g/mol. The predicted molar refractivity (Wildman–Crippen MR) is 70.7 cm³/mol. The number of carbonyl (C=O) groups excluding carboxylic acids is 1. The highest BCUT2D eigenvalue weighted by Gasteiger charge is 2.27. The predicted octanol–water partition coefficient (Wildman–Crippen LogP) is 0.652. The van der Waals surface area contributed by atoms with Crippen LogP contribution in [-0.2, 0) is 14.3 Å². The van der Waals surface area contributed by atoms with E-state index in [9.17, 15) is 14.7 Å². The van der Waals surface area contributed by atoms with Gasteiger partial charge in [-0.05, 0) is 20.3 Å². The van der Waals surface area contributed by atoms with Crippen molar-refractivity contribution in [3.05, 3.63) is 12.7 Å². The fraction of sp³-hybridized carbons (Fsp3) is 0.692. The molecule has 2 N–H and O–H groups in total. The minimum atomic E-state index is -1.13. The lowest BCUT2D eigenvalue weighted by Crippen LogP contribution is -2.46. The normalized spacial score (nSPS) is 12.8. The second kappa shape index (κ2) is 7.91. The van der Waals surface area contributed by atoms with E-state index in [1.807, 2.05) is 0 Å². The van der Waals surface area contributed by atoms with Crippen LogP contribution in [0.1, 0.15) is 26.7 Å². The third-order valence-corrected chi connectivity index (χ3v) is 2.44. The van der Waals surface area contributed by atoms with Gasteiger partial charge in [0.1, 0.15) is 0 Å². The number of nitrogens with zero attached hydrogens (tertiary/aromatic N) is 1. The summed E-state index contributed by atoms with van der Waals surface area (Å²) in [6.45, 7) is 6.47. The second-order valence-corrected chi connectivity index (χ2v) is 5.01. The molecule has 0 saturated carbocycles. The third-order valence-electron chi connectivity index (χ3n) is 2.44. The topological polar surface area (TPSA) is 87.1 Å². The van der Waals surface area contributed by atoms with Gasteiger partial charge in [0, 0.05) is 13.5 Å². The zero-order valence-electron chi connectivity index (χ0n) is 11.8. The number of aliphatic carboxylic acids is 1. The van der Waals surface area contributed by atoms with Crippen molar-refractivity contribution >= 4 is 11.9 Å². The molecule has 0 fully saturated rings. The Hall–Kier alpha value is -1.40. The number of allylic oxidation sites excluding steroid dienone is 1. The minimum absolute atomic E-state index is 0.00542. The first kappa shape index (κ1) is 17.6. The first-order valence-corrected chi connectivity index (χ1v) is 6.08. The van der Waals surface area contributed by atoms with Crippen molar-refractivity contribution in [1.29, 1.82) is 0 Å². The highest BCUT2D eigenvalue weighted by Crippen LogP contribution is 2.06. The van der Waals surface area contributed by atoms with E-state index >= 15 is 0 Å². The van der Waals surface area contributed by atoms with Crippen LogP contribution in [0.15, 0.2) is 12.7 Å². The molecular weight excluding hydrogens is 250 g/mol. The molecular formula is C13H23NO5. The largest absolute Gasteiger partial charge is 0.480 e. The summed E-state index contributed by atoms with van der Waals surface area (Å²) in [4.78, 5) is 24.0. The summed E-state index contributed by atoms with van der Waals surface area (Å²) < 4.78 is 5.15. The maximum Gasteiger partial charge on any atom is 0.328 e. The lowest BCUT2D eigenvalue weighted by Gasteiger charge is -2.26. The van der Waals surface area contributed by atoms with E-state index in [-0.39, 0.29) is 25.5 Å². The number of carbonyl (C=O) groups is 2. The zero-order chi connectivity index (χ0) is 15.1. The standard InChI is InChI=1S/C13H23NO5/c1-5-6-7-11(15)14(4)10(12(16)17)8-19-9-13(2,3)18/h5,10,18H,1,6-9H2,2-4H3,(H,16,17)/t10-/m0/s1. The van der Waals surface area contributed by atoms with Crippen LogP contribution in [0.4, 0.5) is 0 Å². The van der Waals surface area contributed by atoms with Crippen LogP contribution in [0.2, 0.25) is 0 Å². The molecule has 110 valence electrons. The first-order valence-electron chi connectivity index (χ1n) is 6.08. The highest BCUT2D eigenvalue weighted by molar-refractivity contribution is 5.83. The molecule has 0 rings (SSSR count). The van der Waals surface area contributed by atoms with E-state index in [0.29, 0.717) is 6.42 Å². The number of ether oxygens (including phenoxy) is 1. The summed E-state index contributed by atoms with van der Waals surface area (Å²) in [5, 5.41) is 18.6. The van der Waals surface area contributed by atoms with Crippen molar-refractivity contribution < 1.29 is 24.5 Å². The Morgan fingerprint density at radius 3 is 2.47 bits per heavy atom. The van der Waals surface area contributed by atoms with Gasteiger partial charge in [0.05, 0.1) is 18.8 Å². The van der Waals surface area contributed by atoms with E-state index < -0.39 is 17.6 Å². The smallest absolute Gasteiger partial charge is 0.328 e. The van der Waals surface area contributed by atoms with Crippen molar-refractivity contribution in [2.75, 3.05) is 20.3 Å². The van der Waals surface area contributed by atoms with Crippen LogP contribution in [0, 0.1) is 0 Å². The van der Waals surface area contributed by atoms with Crippen molar-refractivity contribution in [3.63, 3.8) is 0 Å². The average Bonchev–Trinajstić information content (AvgIpc) is 2.29. The summed E-state index contributed by atoms with van der Waals surface area (Å²) in [5.41, 5.74) is -1.03. The number of aliphatic hydroxyl groups is 1. The molecule has 0 spiro atoms. The van der Waals surface area contributed by atoms with E-state index in [0.717, 1.165) is 4.90 Å². The maximum atomic E-state index is 11.7. The van der Waals surface area contributed by atoms with Gasteiger partial charge in [0.25, 0.3) is 0 Å². The molecule has 0 aliphatic heterocycles. The molecule has 1 atom stereocenters. The first-order chi connectivity index (χ1) is 8.69. The molecule has 0 bridgehead atoms. The lowest BCUT2D eigenvalue weighted by molar-refractivity contribution is -0.152. The summed E-state index contributed by atoms with van der Waals surface area (Å²) >= 11 is 0. The van der Waals surface area contributed by atoms with Crippen molar-refractivity contribution in [2.45, 2.75) is 38.3 Å². The summed E-state index contributed by atoms with van der Waals surface area (Å²) in [7, 11) is 1.43. The highest BCUT2D eigenvalue weighted by atomic mass is 16.5. The number of carboxylic acids is 1. The Labute approximate surface area is 113 Å². The molecule has 0 radical (unpaired) electrons. The fourth-order valence-electron chi connectivity index (χ4n) is 1.34. The van der Waals surface area contributed by atoms with Gasteiger partial charge in [-0.1, -0.05) is 6.08 Å². The van der Waals surface area contributed by atoms with Crippen LogP contribution in [0.5, 0.6) is 0 Å². The van der Waals surface area contributed by atoms with Gasteiger partial charge < -0.3 is 19.8 Å². The zero-order valence-corrected chi connectivity index (χ0v) is 11.8. The molecule has 0 heterocycles. The summed E-state index contributed by atoms with van der Waals surface area (Å²) in [6.07, 6.45) is 2.32. The molecule has 0 aliphatic carbocycles. The van der Waals surface area contributed by atoms with Gasteiger partial charge in [0.15, 0.2) is 6.04 Å². The maximum absolute atomic E-state index is 11.7. The molecule has 6 nitrogen and oxygen atoms in total. The minimum Gasteiger partial charge on any atom is -0.480 e. The molecule has 0 unspecified atom stereocenters. The number of amides is 1. The lowest BCUT2D eigenvalue weighted by atomic mass is 10.1. The fourth-order valence-corrected chi connectivity index (χ4v) is 1.34. The quantitative estimate of drug-likeness (QED) is 0.602. The molecule has 0 aliphatic rings. The van der Waals surface area contributed by atoms with Crippen molar-refractivity contribution in [2.24, 2.45) is 0 Å². The van der Waals surface area contributed by atoms with Crippen molar-refractivity contribution in [1.82, 2.24) is 4.90 Å². The number of carboxylic acid groups (broad SMARTS) is 1. The molecule has 0 aromatic heterocycles. The Bertz CT molecular complexity index is 321. The molecule has 1 amide bonds. The monoisotopic (exact) mass is 273 g/mol. The summed E-state index contributed by atoms with van der Waals surface area (Å²) in [6, 6.07) is -1.06. The van der Waals surface area contributed by atoms with Gasteiger partial charge >= 0.3 is 5.97 Å². The van der Waals surface area contributed by atoms with Crippen LogP contribution >= 0.6 is 0 Å². The Morgan fingerprint density at radius 1 is 1.47 bits per heavy atom. The van der Waals surface area contributed by atoms with Crippen LogP contribution in [-0.4, -0.2) is 58.9 Å². The molecule has 0 aromatic carbocycles. The molecule has 0 aromatic rings. The number of likely N-dealkylation sites (N-methyl/N-ethyl adjacent to an activating group) is 1. The second-order valence-electron chi connectivity index (χ2n) is 5.01. The Kier molecular flexibility index (Phi) is 7.33. The van der Waals surface area contributed by atoms with Gasteiger partial charge in [-0.15, -0.1) is 6.58 Å². The van der Waals surface area contributed by atoms with E-state index in [1.54, 1.807) is 19.9 Å². The summed E-state index contributed by atoms with van der Waals surface area (Å²) in [5.74, 6) is -1.41. The SMILES string of the molecule is C=CCCC(=O)N(C)[C@@H](COCC(C)(C)O)C(=O)O. The number of hydrogen-bond donors (Lipinski definition) is 2. The molecule has 19 heavy (non-hydrogen) atoms. The van der Waals surface area contributed by atoms with E-state index in [2.05, 4.69) is 6.58 Å². The van der Waals surface area contributed by atoms with Gasteiger partial charge in [-0.25, -0.2) is 4.79 Å². The molecule has 6 heteroatoms. The molecule has 0 saturated heterocycles. The van der Waals surface area contributed by atoms with Crippen LogP contribution < -0.4 is 0 Å². The van der Waals surface area contributed by atoms with Crippen LogP contribution in [0.3, 0.4) is 0 Å². The van der Waals surface area contributed by atoms with Gasteiger partial charge in [0.2, 0.25) is 5.91 Å². The Morgan fingerprint density at radius 2 is 2.05 bits per heavy atom. The third kappa shape index (κ3) is 7.58. The van der Waals surface area contributed by atoms with Crippen molar-refractivity contribution in [3.8, 4) is 0 Å². The van der Waals surface area contributed by atoms with Crippen LogP contribution in [0.25, 0.3) is 0 Å². The van der Waals surface area contributed by atoms with E-state index in [1.165, 1.54) is 7.05 Å². The number of hydrogen-bond acceptors (Lipinski definition) is 4. The van der Waals surface area contributed by atoms with E-state index in [4.69, 9.17) is 9.84 Å². The Balaban J connectivity index is 4.42. The van der Waals surface area contributed by atoms with Gasteiger partial charge in [-0.2, -0.15) is 0 Å². The van der Waals surface area contributed by atoms with Gasteiger partial charge in [-0.3, -0.25) is 4.79 Å².